The number of nitrogens with one attached hydrogen (secondary N) is 1. The van der Waals surface area contributed by atoms with Gasteiger partial charge < -0.3 is 14.6 Å². The van der Waals surface area contributed by atoms with Crippen molar-refractivity contribution in [2.45, 2.75) is 12.1 Å². The van der Waals surface area contributed by atoms with E-state index in [1.807, 2.05) is 54.5 Å². The molecule has 3 aromatic rings. The lowest BCUT2D eigenvalue weighted by atomic mass is 10.0. The van der Waals surface area contributed by atoms with Crippen molar-refractivity contribution in [3.8, 4) is 5.69 Å². The number of imidazole rings is 1. The summed E-state index contributed by atoms with van der Waals surface area (Å²) in [5, 5.41) is 15.3. The van der Waals surface area contributed by atoms with E-state index in [9.17, 15) is 0 Å². The van der Waals surface area contributed by atoms with Gasteiger partial charge in [0.25, 0.3) is 0 Å². The van der Waals surface area contributed by atoms with Gasteiger partial charge >= 0.3 is 0 Å². The van der Waals surface area contributed by atoms with E-state index in [4.69, 9.17) is 4.74 Å². The van der Waals surface area contributed by atoms with Gasteiger partial charge in [-0.1, -0.05) is 23.3 Å². The minimum Gasteiger partial charge on any atom is -0.373 e. The first-order valence-corrected chi connectivity index (χ1v) is 8.60. The van der Waals surface area contributed by atoms with Gasteiger partial charge in [-0.25, -0.2) is 4.98 Å². The molecule has 2 atom stereocenters. The quantitative estimate of drug-likeness (QED) is 0.728. The van der Waals surface area contributed by atoms with Crippen LogP contribution in [0.25, 0.3) is 5.69 Å². The Morgan fingerprint density at radius 2 is 2.08 bits per heavy atom. The molecule has 0 unspecified atom stereocenters. The smallest absolute Gasteiger partial charge is 0.247 e. The zero-order valence-electron chi connectivity index (χ0n) is 14.9. The average molecular weight is 354 g/mol. The number of para-hydroxylation sites is 1. The summed E-state index contributed by atoms with van der Waals surface area (Å²) in [6, 6.07) is 9.92. The molecule has 0 aliphatic carbocycles. The van der Waals surface area contributed by atoms with Crippen molar-refractivity contribution in [2.75, 3.05) is 32.1 Å². The summed E-state index contributed by atoms with van der Waals surface area (Å²) in [5.41, 5.74) is 2.03. The molecule has 9 nitrogen and oxygen atoms in total. The van der Waals surface area contributed by atoms with Gasteiger partial charge in [-0.15, -0.1) is 0 Å². The van der Waals surface area contributed by atoms with Gasteiger partial charge in [-0.3, -0.25) is 4.90 Å². The summed E-state index contributed by atoms with van der Waals surface area (Å²) in [4.78, 5) is 6.55. The third-order valence-electron chi connectivity index (χ3n) is 4.69. The summed E-state index contributed by atoms with van der Waals surface area (Å²) in [7, 11) is 4.12. The largest absolute Gasteiger partial charge is 0.373 e. The van der Waals surface area contributed by atoms with Crippen molar-refractivity contribution in [1.29, 1.82) is 0 Å². The highest BCUT2D eigenvalue weighted by Crippen LogP contribution is 2.28. The van der Waals surface area contributed by atoms with E-state index >= 15 is 0 Å². The fourth-order valence-electron chi connectivity index (χ4n) is 3.33. The Labute approximate surface area is 151 Å². The van der Waals surface area contributed by atoms with Gasteiger partial charge in [0.05, 0.1) is 36.5 Å². The zero-order valence-corrected chi connectivity index (χ0v) is 14.9. The Bertz CT molecular complexity index is 845. The molecule has 1 N–H and O–H groups in total. The second-order valence-corrected chi connectivity index (χ2v) is 6.39. The van der Waals surface area contributed by atoms with E-state index in [-0.39, 0.29) is 12.1 Å². The molecule has 1 aliphatic rings. The first kappa shape index (κ1) is 16.7. The van der Waals surface area contributed by atoms with Gasteiger partial charge in [-0.2, -0.15) is 4.68 Å². The Kier molecular flexibility index (Phi) is 4.63. The van der Waals surface area contributed by atoms with Crippen LogP contribution in [0.5, 0.6) is 0 Å². The van der Waals surface area contributed by atoms with Crippen molar-refractivity contribution in [1.82, 2.24) is 34.7 Å². The van der Waals surface area contributed by atoms with E-state index in [2.05, 4.69) is 37.8 Å². The highest BCUT2D eigenvalue weighted by Gasteiger charge is 2.33. The maximum absolute atomic E-state index is 6.06. The van der Waals surface area contributed by atoms with E-state index in [0.717, 1.165) is 17.9 Å². The van der Waals surface area contributed by atoms with Crippen LogP contribution in [0.15, 0.2) is 42.9 Å². The van der Waals surface area contributed by atoms with Gasteiger partial charge in [0.2, 0.25) is 5.95 Å². The van der Waals surface area contributed by atoms with Crippen LogP contribution in [0.1, 0.15) is 11.7 Å². The predicted octanol–water partition coefficient (Wildman–Crippen LogP) is 0.880. The maximum atomic E-state index is 6.06. The van der Waals surface area contributed by atoms with E-state index in [0.29, 0.717) is 19.1 Å². The van der Waals surface area contributed by atoms with Gasteiger partial charge in [0, 0.05) is 26.3 Å². The second-order valence-electron chi connectivity index (χ2n) is 6.39. The first-order valence-electron chi connectivity index (χ1n) is 8.60. The second kappa shape index (κ2) is 7.22. The van der Waals surface area contributed by atoms with Crippen LogP contribution in [0, 0.1) is 0 Å². The number of benzene rings is 1. The van der Waals surface area contributed by atoms with Crippen molar-refractivity contribution in [2.24, 2.45) is 7.05 Å². The summed E-state index contributed by atoms with van der Waals surface area (Å²) >= 11 is 0. The summed E-state index contributed by atoms with van der Waals surface area (Å²) < 4.78 is 9.79. The van der Waals surface area contributed by atoms with Crippen molar-refractivity contribution >= 4 is 5.95 Å². The zero-order chi connectivity index (χ0) is 17.9. The van der Waals surface area contributed by atoms with E-state index in [1.165, 1.54) is 0 Å². The number of aromatic nitrogens is 6. The molecule has 0 bridgehead atoms. The molecule has 0 radical (unpaired) electrons. The Morgan fingerprint density at radius 3 is 2.85 bits per heavy atom. The lowest BCUT2D eigenvalue weighted by Crippen LogP contribution is -2.46. The highest BCUT2D eigenvalue weighted by atomic mass is 16.5. The fourth-order valence-corrected chi connectivity index (χ4v) is 3.33. The van der Waals surface area contributed by atoms with Gasteiger partial charge in [0.1, 0.15) is 0 Å². The molecule has 1 aliphatic heterocycles. The van der Waals surface area contributed by atoms with E-state index < -0.39 is 0 Å². The number of rotatable bonds is 5. The fraction of sp³-hybridized carbons (Fsp3) is 0.412. The number of nitrogens with zero attached hydrogens (tertiary/aromatic N) is 7. The number of anilines is 1. The molecule has 9 heteroatoms. The Balaban J connectivity index is 1.52. The minimum atomic E-state index is -0.0370. The third kappa shape index (κ3) is 3.18. The predicted molar refractivity (Wildman–Crippen MR) is 96.0 cm³/mol. The minimum absolute atomic E-state index is 0.0370. The molecule has 3 heterocycles. The van der Waals surface area contributed by atoms with Crippen LogP contribution < -0.4 is 5.32 Å². The van der Waals surface area contributed by atoms with Gasteiger partial charge in [0.15, 0.2) is 0 Å². The monoisotopic (exact) mass is 354 g/mol. The molecule has 136 valence electrons. The summed E-state index contributed by atoms with van der Waals surface area (Å²) in [6.45, 7) is 2.17. The summed E-state index contributed by atoms with van der Waals surface area (Å²) in [5.74, 6) is 0.594. The molecule has 26 heavy (non-hydrogen) atoms. The van der Waals surface area contributed by atoms with Crippen molar-refractivity contribution in [3.63, 3.8) is 0 Å². The number of hydrogen-bond acceptors (Lipinski definition) is 7. The lowest BCUT2D eigenvalue weighted by molar-refractivity contribution is -0.0579. The average Bonchev–Trinajstić information content (AvgIpc) is 3.30. The number of likely N-dealkylation sites (N-methyl/N-ethyl adjacent to an activating group) is 1. The van der Waals surface area contributed by atoms with Crippen LogP contribution in [-0.4, -0.2) is 67.5 Å². The molecular formula is C17H22N8O. The van der Waals surface area contributed by atoms with Crippen molar-refractivity contribution < 1.29 is 4.74 Å². The molecule has 4 rings (SSSR count). The summed E-state index contributed by atoms with van der Waals surface area (Å²) in [6.07, 6.45) is 3.68. The van der Waals surface area contributed by atoms with Gasteiger partial charge in [-0.05, 0) is 29.6 Å². The third-order valence-corrected chi connectivity index (χ3v) is 4.69. The first-order chi connectivity index (χ1) is 12.7. The molecule has 2 aromatic heterocycles. The molecule has 0 amide bonds. The maximum Gasteiger partial charge on any atom is 0.247 e. The molecule has 1 fully saturated rings. The van der Waals surface area contributed by atoms with Crippen LogP contribution >= 0.6 is 0 Å². The molecule has 0 saturated carbocycles. The van der Waals surface area contributed by atoms with Crippen LogP contribution in [0.3, 0.4) is 0 Å². The number of hydrogen-bond donors (Lipinski definition) is 1. The molecule has 1 aromatic carbocycles. The normalized spacial score (nSPS) is 21.0. The number of morpholine rings is 1. The molecule has 1 saturated heterocycles. The van der Waals surface area contributed by atoms with Crippen LogP contribution in [-0.2, 0) is 11.8 Å². The highest BCUT2D eigenvalue weighted by molar-refractivity contribution is 5.38. The number of aryl methyl sites for hydroxylation is 1. The Morgan fingerprint density at radius 1 is 1.23 bits per heavy atom. The SMILES string of the molecule is CN1CCO[C@@H](CNc2nnnn2-c2ccccc2)[C@@H]1c1cncn1C. The topological polar surface area (TPSA) is 85.9 Å². The number of tetrazole rings is 1. The lowest BCUT2D eigenvalue weighted by Gasteiger charge is -2.39. The Hall–Kier alpha value is -2.78. The van der Waals surface area contributed by atoms with E-state index in [1.54, 1.807) is 4.68 Å². The molecular weight excluding hydrogens is 332 g/mol. The standard InChI is InChI=1S/C17H22N8O/c1-23-8-9-26-15(16(23)14-10-18-12-24(14)2)11-19-17-20-21-22-25(17)13-6-4-3-5-7-13/h3-7,10,12,15-16H,8-9,11H2,1-2H3,(H,19,20,22)/t15-,16-/m0/s1. The van der Waals surface area contributed by atoms with Crippen LogP contribution in [0.4, 0.5) is 5.95 Å². The van der Waals surface area contributed by atoms with Crippen molar-refractivity contribution in [3.05, 3.63) is 48.5 Å². The number of ether oxygens (including phenoxy) is 1. The van der Waals surface area contributed by atoms with Crippen LogP contribution in [0.2, 0.25) is 0 Å². The molecule has 0 spiro atoms.